The summed E-state index contributed by atoms with van der Waals surface area (Å²) in [6, 6.07) is 10.9. The molecule has 2 rings (SSSR count). The Morgan fingerprint density at radius 1 is 1.06 bits per heavy atom. The molecule has 0 heterocycles. The van der Waals surface area contributed by atoms with Crippen molar-refractivity contribution >= 4 is 0 Å². The smallest absolute Gasteiger partial charge is 0.0718 e. The molecule has 93 valence electrons. The highest BCUT2D eigenvalue weighted by Crippen LogP contribution is 2.24. The molecule has 2 nitrogen and oxygen atoms in total. The van der Waals surface area contributed by atoms with E-state index in [9.17, 15) is 0 Å². The van der Waals surface area contributed by atoms with Gasteiger partial charge in [0, 0.05) is 6.61 Å². The van der Waals surface area contributed by atoms with Crippen LogP contribution in [0.1, 0.15) is 31.2 Å². The van der Waals surface area contributed by atoms with Crippen molar-refractivity contribution in [2.45, 2.75) is 32.3 Å². The monoisotopic (exact) mass is 233 g/mol. The molecular formula is C15H21O2. The highest BCUT2D eigenvalue weighted by atomic mass is 16.5. The molecule has 17 heavy (non-hydrogen) atoms. The first-order valence-electron chi connectivity index (χ1n) is 6.55. The summed E-state index contributed by atoms with van der Waals surface area (Å²) in [5.41, 5.74) is 1.19. The van der Waals surface area contributed by atoms with E-state index in [0.717, 1.165) is 19.1 Å². The highest BCUT2D eigenvalue weighted by molar-refractivity contribution is 5.12. The van der Waals surface area contributed by atoms with Crippen molar-refractivity contribution < 1.29 is 9.47 Å². The maximum Gasteiger partial charge on any atom is 0.0718 e. The van der Waals surface area contributed by atoms with E-state index in [2.05, 4.69) is 6.07 Å². The molecule has 2 heteroatoms. The number of hydrogen-bond acceptors (Lipinski definition) is 2. The lowest BCUT2D eigenvalue weighted by Crippen LogP contribution is -2.10. The molecule has 0 bridgehead atoms. The zero-order chi connectivity index (χ0) is 11.8. The minimum Gasteiger partial charge on any atom is -0.379 e. The molecule has 1 aliphatic carbocycles. The molecule has 0 atom stereocenters. The van der Waals surface area contributed by atoms with E-state index in [1.165, 1.54) is 31.2 Å². The molecule has 0 unspecified atom stereocenters. The lowest BCUT2D eigenvalue weighted by Gasteiger charge is -2.10. The predicted octanol–water partition coefficient (Wildman–Crippen LogP) is 3.21. The van der Waals surface area contributed by atoms with Crippen molar-refractivity contribution in [2.75, 3.05) is 19.8 Å². The van der Waals surface area contributed by atoms with Gasteiger partial charge in [-0.3, -0.25) is 0 Å². The molecule has 0 spiro atoms. The maximum absolute atomic E-state index is 5.62. The Morgan fingerprint density at radius 3 is 2.53 bits per heavy atom. The second-order valence-electron chi connectivity index (χ2n) is 4.69. The number of benzene rings is 1. The summed E-state index contributed by atoms with van der Waals surface area (Å²) >= 11 is 0. The Bertz CT molecular complexity index is 291. The van der Waals surface area contributed by atoms with Crippen LogP contribution in [0.3, 0.4) is 0 Å². The maximum atomic E-state index is 5.62. The lowest BCUT2D eigenvalue weighted by molar-refractivity contribution is 0.0282. The molecule has 1 aromatic carbocycles. The van der Waals surface area contributed by atoms with Crippen molar-refractivity contribution in [1.29, 1.82) is 0 Å². The van der Waals surface area contributed by atoms with Gasteiger partial charge < -0.3 is 9.47 Å². The van der Waals surface area contributed by atoms with Gasteiger partial charge >= 0.3 is 0 Å². The van der Waals surface area contributed by atoms with Gasteiger partial charge in [0.1, 0.15) is 0 Å². The van der Waals surface area contributed by atoms with Gasteiger partial charge in [0.05, 0.1) is 19.8 Å². The predicted molar refractivity (Wildman–Crippen MR) is 67.7 cm³/mol. The van der Waals surface area contributed by atoms with Crippen molar-refractivity contribution in [2.24, 2.45) is 5.92 Å². The fourth-order valence-electron chi connectivity index (χ4n) is 2.25. The third-order valence-electron chi connectivity index (χ3n) is 3.26. The van der Waals surface area contributed by atoms with Crippen LogP contribution in [0.5, 0.6) is 0 Å². The molecule has 0 aromatic heterocycles. The largest absolute Gasteiger partial charge is 0.379 e. The zero-order valence-electron chi connectivity index (χ0n) is 10.4. The van der Waals surface area contributed by atoms with E-state index < -0.39 is 0 Å². The normalized spacial score (nSPS) is 16.5. The average Bonchev–Trinajstić information content (AvgIpc) is 2.88. The van der Waals surface area contributed by atoms with Crippen LogP contribution in [0.25, 0.3) is 0 Å². The fraction of sp³-hybridized carbons (Fsp3) is 0.600. The first-order chi connectivity index (χ1) is 8.45. The van der Waals surface area contributed by atoms with Gasteiger partial charge in [0.15, 0.2) is 0 Å². The first kappa shape index (κ1) is 12.6. The number of rotatable bonds is 7. The Morgan fingerprint density at radius 2 is 1.76 bits per heavy atom. The van der Waals surface area contributed by atoms with Gasteiger partial charge in [-0.2, -0.15) is 0 Å². The minimum atomic E-state index is 0.668. The van der Waals surface area contributed by atoms with Crippen LogP contribution in [0.2, 0.25) is 0 Å². The van der Waals surface area contributed by atoms with Crippen LogP contribution in [-0.2, 0) is 16.1 Å². The summed E-state index contributed by atoms with van der Waals surface area (Å²) in [7, 11) is 0. The van der Waals surface area contributed by atoms with Crippen LogP contribution in [-0.4, -0.2) is 19.8 Å². The summed E-state index contributed by atoms with van der Waals surface area (Å²) in [5, 5.41) is 0. The quantitative estimate of drug-likeness (QED) is 0.673. The SMILES string of the molecule is [c]1ccc(COCCOCC2CCCC2)cc1. The van der Waals surface area contributed by atoms with Crippen molar-refractivity contribution in [3.05, 3.63) is 35.9 Å². The van der Waals surface area contributed by atoms with E-state index in [-0.39, 0.29) is 0 Å². The van der Waals surface area contributed by atoms with E-state index in [4.69, 9.17) is 9.47 Å². The molecular weight excluding hydrogens is 212 g/mol. The molecule has 1 aromatic rings. The van der Waals surface area contributed by atoms with E-state index >= 15 is 0 Å². The second kappa shape index (κ2) is 7.46. The molecule has 0 N–H and O–H groups in total. The average molecular weight is 233 g/mol. The molecule has 1 saturated carbocycles. The number of ether oxygens (including phenoxy) is 2. The van der Waals surface area contributed by atoms with Gasteiger partial charge in [0.25, 0.3) is 0 Å². The van der Waals surface area contributed by atoms with Crippen molar-refractivity contribution in [3.8, 4) is 0 Å². The summed E-state index contributed by atoms with van der Waals surface area (Å²) < 4.78 is 11.2. The van der Waals surface area contributed by atoms with Gasteiger partial charge in [-0.05, 0) is 30.4 Å². The third kappa shape index (κ3) is 4.88. The molecule has 1 radical (unpaired) electrons. The summed E-state index contributed by atoms with van der Waals surface area (Å²) in [4.78, 5) is 0. The van der Waals surface area contributed by atoms with Gasteiger partial charge in [-0.25, -0.2) is 0 Å². The second-order valence-corrected chi connectivity index (χ2v) is 4.69. The van der Waals surface area contributed by atoms with Crippen LogP contribution in [0.15, 0.2) is 24.3 Å². The Balaban J connectivity index is 1.46. The Hall–Kier alpha value is -0.860. The molecule has 0 amide bonds. The molecule has 1 aliphatic rings. The number of hydrogen-bond donors (Lipinski definition) is 0. The van der Waals surface area contributed by atoms with Crippen LogP contribution in [0, 0.1) is 12.0 Å². The Labute approximate surface area is 104 Å². The van der Waals surface area contributed by atoms with Crippen LogP contribution in [0.4, 0.5) is 0 Å². The fourth-order valence-corrected chi connectivity index (χ4v) is 2.25. The third-order valence-corrected chi connectivity index (χ3v) is 3.26. The minimum absolute atomic E-state index is 0.668. The molecule has 0 aliphatic heterocycles. The highest BCUT2D eigenvalue weighted by Gasteiger charge is 2.14. The summed E-state index contributed by atoms with van der Waals surface area (Å²) in [6.45, 7) is 2.99. The molecule has 0 saturated heterocycles. The summed E-state index contributed by atoms with van der Waals surface area (Å²) in [5.74, 6) is 0.805. The van der Waals surface area contributed by atoms with E-state index in [1.54, 1.807) is 0 Å². The van der Waals surface area contributed by atoms with Gasteiger partial charge in [-0.1, -0.05) is 37.1 Å². The van der Waals surface area contributed by atoms with Crippen LogP contribution >= 0.6 is 0 Å². The van der Waals surface area contributed by atoms with E-state index in [0.29, 0.717) is 13.2 Å². The summed E-state index contributed by atoms with van der Waals surface area (Å²) in [6.07, 6.45) is 5.47. The van der Waals surface area contributed by atoms with Crippen LogP contribution < -0.4 is 0 Å². The van der Waals surface area contributed by atoms with Gasteiger partial charge in [0.2, 0.25) is 0 Å². The molecule has 1 fully saturated rings. The topological polar surface area (TPSA) is 18.5 Å². The standard InChI is InChI=1S/C15H21O2/c1-2-6-14(7-3-1)12-16-10-11-17-13-15-8-4-5-9-15/h2-3,6-7,15H,4-5,8-13H2. The van der Waals surface area contributed by atoms with E-state index in [1.807, 2.05) is 24.3 Å². The van der Waals surface area contributed by atoms with Crippen molar-refractivity contribution in [1.82, 2.24) is 0 Å². The van der Waals surface area contributed by atoms with Gasteiger partial charge in [-0.15, -0.1) is 0 Å². The lowest BCUT2D eigenvalue weighted by atomic mass is 10.1. The first-order valence-corrected chi connectivity index (χ1v) is 6.55. The zero-order valence-corrected chi connectivity index (χ0v) is 10.4. The Kier molecular flexibility index (Phi) is 5.53. The van der Waals surface area contributed by atoms with Crippen molar-refractivity contribution in [3.63, 3.8) is 0 Å².